The van der Waals surface area contributed by atoms with Gasteiger partial charge in [0.2, 0.25) is 0 Å². The Hall–Kier alpha value is -1.23. The van der Waals surface area contributed by atoms with Crippen molar-refractivity contribution < 1.29 is 0 Å². The van der Waals surface area contributed by atoms with Crippen LogP contribution in [0.4, 0.5) is 0 Å². The van der Waals surface area contributed by atoms with Gasteiger partial charge in [-0.15, -0.1) is 11.3 Å². The van der Waals surface area contributed by atoms with Crippen LogP contribution >= 0.6 is 11.3 Å². The van der Waals surface area contributed by atoms with Gasteiger partial charge in [-0.3, -0.25) is 0 Å². The molecule has 0 saturated heterocycles. The highest BCUT2D eigenvalue weighted by Crippen LogP contribution is 2.09. The third-order valence-corrected chi connectivity index (χ3v) is 3.69. The van der Waals surface area contributed by atoms with E-state index in [9.17, 15) is 0 Å². The molecular formula is C14H19N3S. The SMILES string of the molecule is Cc1csc(CNCc2ccc(CCN)cc2)n1. The normalized spacial score (nSPS) is 10.8. The molecule has 1 aromatic heterocycles. The lowest BCUT2D eigenvalue weighted by molar-refractivity contribution is 0.688. The van der Waals surface area contributed by atoms with E-state index in [0.29, 0.717) is 6.54 Å². The number of aromatic nitrogens is 1. The Morgan fingerprint density at radius 2 is 1.89 bits per heavy atom. The maximum Gasteiger partial charge on any atom is 0.107 e. The number of aryl methyl sites for hydroxylation is 1. The Bertz CT molecular complexity index is 476. The van der Waals surface area contributed by atoms with Gasteiger partial charge in [-0.1, -0.05) is 24.3 Å². The lowest BCUT2D eigenvalue weighted by Crippen LogP contribution is -2.12. The molecule has 4 heteroatoms. The second-order valence-corrected chi connectivity index (χ2v) is 5.28. The summed E-state index contributed by atoms with van der Waals surface area (Å²) in [7, 11) is 0. The Morgan fingerprint density at radius 1 is 1.17 bits per heavy atom. The predicted molar refractivity (Wildman–Crippen MR) is 76.6 cm³/mol. The van der Waals surface area contributed by atoms with E-state index in [4.69, 9.17) is 5.73 Å². The van der Waals surface area contributed by atoms with Crippen molar-refractivity contribution in [3.8, 4) is 0 Å². The van der Waals surface area contributed by atoms with Gasteiger partial charge in [-0.25, -0.2) is 4.98 Å². The summed E-state index contributed by atoms with van der Waals surface area (Å²) >= 11 is 1.71. The molecule has 2 rings (SSSR count). The van der Waals surface area contributed by atoms with Crippen molar-refractivity contribution in [3.05, 3.63) is 51.5 Å². The quantitative estimate of drug-likeness (QED) is 0.838. The highest BCUT2D eigenvalue weighted by molar-refractivity contribution is 7.09. The first-order valence-corrected chi connectivity index (χ1v) is 7.05. The molecule has 1 aromatic carbocycles. The smallest absolute Gasteiger partial charge is 0.107 e. The zero-order valence-electron chi connectivity index (χ0n) is 10.6. The Morgan fingerprint density at radius 3 is 2.50 bits per heavy atom. The summed E-state index contributed by atoms with van der Waals surface area (Å²) in [6.45, 7) is 4.45. The molecule has 0 atom stereocenters. The van der Waals surface area contributed by atoms with Gasteiger partial charge in [0.15, 0.2) is 0 Å². The van der Waals surface area contributed by atoms with Gasteiger partial charge in [-0.2, -0.15) is 0 Å². The number of benzene rings is 1. The molecule has 0 radical (unpaired) electrons. The minimum atomic E-state index is 0.709. The van der Waals surface area contributed by atoms with Crippen molar-refractivity contribution in [1.82, 2.24) is 10.3 Å². The molecule has 3 N–H and O–H groups in total. The van der Waals surface area contributed by atoms with Gasteiger partial charge in [0.05, 0.1) is 0 Å². The third-order valence-electron chi connectivity index (χ3n) is 2.73. The Labute approximate surface area is 112 Å². The van der Waals surface area contributed by atoms with E-state index in [-0.39, 0.29) is 0 Å². The molecule has 0 bridgehead atoms. The van der Waals surface area contributed by atoms with Crippen molar-refractivity contribution in [1.29, 1.82) is 0 Å². The molecular weight excluding hydrogens is 242 g/mol. The van der Waals surface area contributed by atoms with E-state index in [1.807, 2.05) is 6.92 Å². The lowest BCUT2D eigenvalue weighted by Gasteiger charge is -2.04. The van der Waals surface area contributed by atoms with Crippen molar-refractivity contribution in [2.75, 3.05) is 6.54 Å². The molecule has 0 aliphatic rings. The van der Waals surface area contributed by atoms with Crippen LogP contribution in [0.15, 0.2) is 29.6 Å². The Balaban J connectivity index is 1.79. The van der Waals surface area contributed by atoms with Crippen molar-refractivity contribution in [2.45, 2.75) is 26.4 Å². The van der Waals surface area contributed by atoms with E-state index in [2.05, 4.69) is 39.9 Å². The highest BCUT2D eigenvalue weighted by Gasteiger charge is 1.98. The molecule has 0 aliphatic heterocycles. The molecule has 0 unspecified atom stereocenters. The second kappa shape index (κ2) is 6.64. The van der Waals surface area contributed by atoms with Crippen LogP contribution in [0.3, 0.4) is 0 Å². The van der Waals surface area contributed by atoms with Crippen LogP contribution in [0, 0.1) is 6.92 Å². The molecule has 0 fully saturated rings. The summed E-state index contributed by atoms with van der Waals surface area (Å²) < 4.78 is 0. The van der Waals surface area contributed by atoms with Crippen LogP contribution in [0.5, 0.6) is 0 Å². The van der Waals surface area contributed by atoms with Gasteiger partial charge in [0, 0.05) is 24.2 Å². The van der Waals surface area contributed by atoms with Crippen molar-refractivity contribution in [2.24, 2.45) is 5.73 Å². The molecule has 0 saturated carbocycles. The number of nitrogens with two attached hydrogens (primary N) is 1. The van der Waals surface area contributed by atoms with Crippen molar-refractivity contribution in [3.63, 3.8) is 0 Å². The summed E-state index contributed by atoms with van der Waals surface area (Å²) in [6, 6.07) is 8.62. The van der Waals surface area contributed by atoms with Crippen LogP contribution < -0.4 is 11.1 Å². The van der Waals surface area contributed by atoms with Gasteiger partial charge in [0.1, 0.15) is 5.01 Å². The average molecular weight is 261 g/mol. The number of rotatable bonds is 6. The largest absolute Gasteiger partial charge is 0.330 e. The van der Waals surface area contributed by atoms with E-state index < -0.39 is 0 Å². The standard InChI is InChI=1S/C14H19N3S/c1-11-10-18-14(17-11)9-16-8-13-4-2-12(3-5-13)6-7-15/h2-5,10,16H,6-9,15H2,1H3. The van der Waals surface area contributed by atoms with Crippen LogP contribution in [-0.4, -0.2) is 11.5 Å². The summed E-state index contributed by atoms with van der Waals surface area (Å²) in [4.78, 5) is 4.42. The fourth-order valence-corrected chi connectivity index (χ4v) is 2.53. The maximum absolute atomic E-state index is 5.53. The fourth-order valence-electron chi connectivity index (χ4n) is 1.79. The number of hydrogen-bond acceptors (Lipinski definition) is 4. The number of nitrogens with zero attached hydrogens (tertiary/aromatic N) is 1. The zero-order valence-corrected chi connectivity index (χ0v) is 11.5. The molecule has 96 valence electrons. The summed E-state index contributed by atoms with van der Waals surface area (Å²) in [6.07, 6.45) is 0.950. The van der Waals surface area contributed by atoms with E-state index in [1.165, 1.54) is 11.1 Å². The zero-order chi connectivity index (χ0) is 12.8. The van der Waals surface area contributed by atoms with Crippen LogP contribution in [0.1, 0.15) is 21.8 Å². The predicted octanol–water partition coefficient (Wildman–Crippen LogP) is 2.24. The summed E-state index contributed by atoms with van der Waals surface area (Å²) in [5, 5.41) is 6.63. The lowest BCUT2D eigenvalue weighted by atomic mass is 10.1. The minimum absolute atomic E-state index is 0.709. The van der Waals surface area contributed by atoms with Crippen LogP contribution in [0.2, 0.25) is 0 Å². The van der Waals surface area contributed by atoms with Gasteiger partial charge < -0.3 is 11.1 Å². The number of hydrogen-bond donors (Lipinski definition) is 2. The first-order valence-electron chi connectivity index (χ1n) is 6.17. The molecule has 18 heavy (non-hydrogen) atoms. The van der Waals surface area contributed by atoms with E-state index in [1.54, 1.807) is 11.3 Å². The number of thiazole rings is 1. The topological polar surface area (TPSA) is 50.9 Å². The Kier molecular flexibility index (Phi) is 4.87. The van der Waals surface area contributed by atoms with E-state index in [0.717, 1.165) is 30.2 Å². The third kappa shape index (κ3) is 3.91. The molecule has 0 aliphatic carbocycles. The van der Waals surface area contributed by atoms with Gasteiger partial charge in [0.25, 0.3) is 0 Å². The summed E-state index contributed by atoms with van der Waals surface area (Å²) in [5.41, 5.74) is 9.22. The molecule has 0 spiro atoms. The molecule has 3 nitrogen and oxygen atoms in total. The van der Waals surface area contributed by atoms with Gasteiger partial charge in [-0.05, 0) is 31.0 Å². The monoisotopic (exact) mass is 261 g/mol. The minimum Gasteiger partial charge on any atom is -0.330 e. The van der Waals surface area contributed by atoms with E-state index >= 15 is 0 Å². The molecule has 2 aromatic rings. The first kappa shape index (κ1) is 13.2. The molecule has 0 amide bonds. The maximum atomic E-state index is 5.53. The first-order chi connectivity index (χ1) is 8.78. The number of nitrogens with one attached hydrogen (secondary N) is 1. The summed E-state index contributed by atoms with van der Waals surface area (Å²) in [5.74, 6) is 0. The van der Waals surface area contributed by atoms with Crippen molar-refractivity contribution >= 4 is 11.3 Å². The average Bonchev–Trinajstić information content (AvgIpc) is 2.78. The fraction of sp³-hybridized carbons (Fsp3) is 0.357. The van der Waals surface area contributed by atoms with Gasteiger partial charge >= 0.3 is 0 Å². The molecule has 1 heterocycles. The van der Waals surface area contributed by atoms with Crippen LogP contribution in [0.25, 0.3) is 0 Å². The van der Waals surface area contributed by atoms with Crippen LogP contribution in [-0.2, 0) is 19.5 Å². The second-order valence-electron chi connectivity index (χ2n) is 4.34. The highest BCUT2D eigenvalue weighted by atomic mass is 32.1.